The second-order valence-electron chi connectivity index (χ2n) is 8.83. The topological polar surface area (TPSA) is 47.6 Å². The van der Waals surface area contributed by atoms with Crippen LogP contribution in [0.3, 0.4) is 0 Å². The number of carbonyl (C=O) groups excluding carboxylic acids is 1. The highest BCUT2D eigenvalue weighted by Gasteiger charge is 2.20. The third-order valence-corrected chi connectivity index (χ3v) is 5.39. The molecule has 0 bridgehead atoms. The number of hydrogen-bond donors (Lipinski definition) is 1. The van der Waals surface area contributed by atoms with Crippen LogP contribution in [0.25, 0.3) is 0 Å². The molecule has 0 spiro atoms. The fraction of sp³-hybridized carbons (Fsp3) is 0.480. The number of carbonyl (C=O) groups is 1. The highest BCUT2D eigenvalue weighted by molar-refractivity contribution is 5.94. The molecule has 0 radical (unpaired) electrons. The molecule has 1 amide bonds. The third kappa shape index (κ3) is 5.99. The van der Waals surface area contributed by atoms with E-state index in [1.165, 1.54) is 18.4 Å². The summed E-state index contributed by atoms with van der Waals surface area (Å²) in [7, 11) is 0. The number of rotatable bonds is 7. The van der Waals surface area contributed by atoms with Crippen molar-refractivity contribution in [2.75, 3.05) is 5.32 Å². The van der Waals surface area contributed by atoms with Gasteiger partial charge in [0.1, 0.15) is 11.5 Å². The van der Waals surface area contributed by atoms with E-state index in [1.54, 1.807) is 0 Å². The minimum absolute atomic E-state index is 0.0910. The quantitative estimate of drug-likeness (QED) is 0.616. The van der Waals surface area contributed by atoms with Crippen LogP contribution in [-0.2, 0) is 10.2 Å². The van der Waals surface area contributed by atoms with Gasteiger partial charge in [-0.25, -0.2) is 0 Å². The number of amides is 1. The fourth-order valence-electron chi connectivity index (χ4n) is 3.56. The molecule has 1 aliphatic rings. The summed E-state index contributed by atoms with van der Waals surface area (Å²) in [5, 5.41) is 2.95. The summed E-state index contributed by atoms with van der Waals surface area (Å²) >= 11 is 0. The monoisotopic (exact) mass is 395 g/mol. The molecular weight excluding hydrogens is 362 g/mol. The van der Waals surface area contributed by atoms with Crippen LogP contribution in [0.2, 0.25) is 0 Å². The van der Waals surface area contributed by atoms with Crippen LogP contribution < -0.4 is 14.8 Å². The van der Waals surface area contributed by atoms with Gasteiger partial charge in [0.15, 0.2) is 6.10 Å². The van der Waals surface area contributed by atoms with E-state index in [-0.39, 0.29) is 11.3 Å². The van der Waals surface area contributed by atoms with Crippen LogP contribution in [0.15, 0.2) is 48.5 Å². The predicted octanol–water partition coefficient (Wildman–Crippen LogP) is 6.10. The molecule has 1 N–H and O–H groups in total. The zero-order valence-corrected chi connectivity index (χ0v) is 18.0. The molecule has 29 heavy (non-hydrogen) atoms. The molecule has 0 heterocycles. The molecule has 4 nitrogen and oxygen atoms in total. The van der Waals surface area contributed by atoms with Crippen molar-refractivity contribution in [3.8, 4) is 11.5 Å². The highest BCUT2D eigenvalue weighted by Crippen LogP contribution is 2.26. The molecule has 0 aliphatic heterocycles. The Labute approximate surface area is 174 Å². The second kappa shape index (κ2) is 9.34. The number of ether oxygens (including phenoxy) is 2. The van der Waals surface area contributed by atoms with Gasteiger partial charge in [0.2, 0.25) is 0 Å². The van der Waals surface area contributed by atoms with Crippen molar-refractivity contribution >= 4 is 11.6 Å². The van der Waals surface area contributed by atoms with Gasteiger partial charge >= 0.3 is 0 Å². The smallest absolute Gasteiger partial charge is 0.265 e. The largest absolute Gasteiger partial charge is 0.490 e. The molecule has 1 atom stereocenters. The van der Waals surface area contributed by atoms with E-state index in [4.69, 9.17) is 9.47 Å². The first-order valence-corrected chi connectivity index (χ1v) is 10.7. The Kier molecular flexibility index (Phi) is 6.83. The van der Waals surface area contributed by atoms with Crippen molar-refractivity contribution in [3.63, 3.8) is 0 Å². The third-order valence-electron chi connectivity index (χ3n) is 5.39. The zero-order valence-electron chi connectivity index (χ0n) is 18.0. The van der Waals surface area contributed by atoms with Crippen LogP contribution in [-0.4, -0.2) is 18.1 Å². The Bertz CT molecular complexity index is 784. The first-order chi connectivity index (χ1) is 13.8. The highest BCUT2D eigenvalue weighted by atomic mass is 16.5. The van der Waals surface area contributed by atoms with Crippen molar-refractivity contribution in [1.29, 1.82) is 0 Å². The van der Waals surface area contributed by atoms with Crippen LogP contribution in [0, 0.1) is 0 Å². The maximum atomic E-state index is 12.7. The fourth-order valence-corrected chi connectivity index (χ4v) is 3.56. The Morgan fingerprint density at radius 1 is 1.00 bits per heavy atom. The predicted molar refractivity (Wildman–Crippen MR) is 118 cm³/mol. The van der Waals surface area contributed by atoms with Crippen molar-refractivity contribution in [2.24, 2.45) is 0 Å². The maximum absolute atomic E-state index is 12.7. The minimum atomic E-state index is -0.537. The summed E-state index contributed by atoms with van der Waals surface area (Å²) in [6.07, 6.45) is 5.14. The molecule has 1 aliphatic carbocycles. The lowest BCUT2D eigenvalue weighted by Crippen LogP contribution is -2.32. The Morgan fingerprint density at radius 2 is 1.59 bits per heavy atom. The first kappa shape index (κ1) is 21.2. The van der Waals surface area contributed by atoms with Gasteiger partial charge in [-0.2, -0.15) is 0 Å². The van der Waals surface area contributed by atoms with Crippen LogP contribution in [0.4, 0.5) is 5.69 Å². The Balaban J connectivity index is 1.56. The molecule has 0 saturated heterocycles. The average Bonchev–Trinajstić information content (AvgIpc) is 3.20. The molecule has 1 saturated carbocycles. The SMILES string of the molecule is CCC(Oc1ccc(C(C)(C)C)cc1)C(=O)Nc1ccc(OC2CCCC2)cc1. The molecule has 3 rings (SSSR count). The van der Waals surface area contributed by atoms with Gasteiger partial charge in [0, 0.05) is 5.69 Å². The molecule has 156 valence electrons. The average molecular weight is 396 g/mol. The van der Waals surface area contributed by atoms with Gasteiger partial charge in [0.05, 0.1) is 6.10 Å². The van der Waals surface area contributed by atoms with E-state index in [0.29, 0.717) is 18.3 Å². The van der Waals surface area contributed by atoms with Gasteiger partial charge in [0.25, 0.3) is 5.91 Å². The van der Waals surface area contributed by atoms with E-state index in [1.807, 2.05) is 43.3 Å². The van der Waals surface area contributed by atoms with E-state index in [2.05, 4.69) is 38.2 Å². The molecule has 4 heteroatoms. The molecule has 2 aromatic carbocycles. The van der Waals surface area contributed by atoms with Crippen molar-refractivity contribution < 1.29 is 14.3 Å². The molecule has 1 unspecified atom stereocenters. The summed E-state index contributed by atoms with van der Waals surface area (Å²) in [5.74, 6) is 1.43. The van der Waals surface area contributed by atoms with Crippen LogP contribution in [0.1, 0.15) is 65.4 Å². The van der Waals surface area contributed by atoms with Crippen molar-refractivity contribution in [2.45, 2.75) is 77.4 Å². The van der Waals surface area contributed by atoms with Crippen LogP contribution >= 0.6 is 0 Å². The number of anilines is 1. The zero-order chi connectivity index (χ0) is 20.9. The summed E-state index contributed by atoms with van der Waals surface area (Å²) in [4.78, 5) is 12.7. The lowest BCUT2D eigenvalue weighted by Gasteiger charge is -2.21. The number of benzene rings is 2. The summed E-state index contributed by atoms with van der Waals surface area (Å²) in [6.45, 7) is 8.48. The molecule has 1 fully saturated rings. The maximum Gasteiger partial charge on any atom is 0.265 e. The first-order valence-electron chi connectivity index (χ1n) is 10.7. The van der Waals surface area contributed by atoms with E-state index >= 15 is 0 Å². The minimum Gasteiger partial charge on any atom is -0.490 e. The summed E-state index contributed by atoms with van der Waals surface area (Å²) in [5.41, 5.74) is 2.08. The van der Waals surface area contributed by atoms with E-state index < -0.39 is 6.10 Å². The number of nitrogens with one attached hydrogen (secondary N) is 1. The standard InChI is InChI=1S/C25H33NO3/c1-5-23(29-22-14-10-18(11-15-22)25(2,3)4)24(27)26-19-12-16-21(17-13-19)28-20-8-6-7-9-20/h10-17,20,23H,5-9H2,1-4H3,(H,26,27). The number of hydrogen-bond acceptors (Lipinski definition) is 3. The lowest BCUT2D eigenvalue weighted by molar-refractivity contribution is -0.122. The van der Waals surface area contributed by atoms with E-state index in [9.17, 15) is 4.79 Å². The van der Waals surface area contributed by atoms with Crippen LogP contribution in [0.5, 0.6) is 11.5 Å². The molecule has 2 aromatic rings. The van der Waals surface area contributed by atoms with Gasteiger partial charge in [-0.1, -0.05) is 39.8 Å². The van der Waals surface area contributed by atoms with Gasteiger partial charge in [-0.05, 0) is 79.5 Å². The molecule has 0 aromatic heterocycles. The molecular formula is C25H33NO3. The van der Waals surface area contributed by atoms with Gasteiger partial charge < -0.3 is 14.8 Å². The lowest BCUT2D eigenvalue weighted by atomic mass is 9.87. The van der Waals surface area contributed by atoms with Gasteiger partial charge in [-0.3, -0.25) is 4.79 Å². The Morgan fingerprint density at radius 3 is 2.14 bits per heavy atom. The normalized spacial score (nSPS) is 15.7. The second-order valence-corrected chi connectivity index (χ2v) is 8.83. The Hall–Kier alpha value is -2.49. The van der Waals surface area contributed by atoms with Crippen molar-refractivity contribution in [3.05, 3.63) is 54.1 Å². The van der Waals surface area contributed by atoms with Gasteiger partial charge in [-0.15, -0.1) is 0 Å². The summed E-state index contributed by atoms with van der Waals surface area (Å²) in [6, 6.07) is 15.6. The summed E-state index contributed by atoms with van der Waals surface area (Å²) < 4.78 is 11.9. The van der Waals surface area contributed by atoms with Crippen molar-refractivity contribution in [1.82, 2.24) is 0 Å². The van der Waals surface area contributed by atoms with E-state index in [0.717, 1.165) is 24.3 Å².